The number of carbonyl (C=O) groups is 2. The van der Waals surface area contributed by atoms with Gasteiger partial charge < -0.3 is 15.6 Å². The van der Waals surface area contributed by atoms with Gasteiger partial charge in [0, 0.05) is 13.2 Å². The van der Waals surface area contributed by atoms with Crippen molar-refractivity contribution in [2.24, 2.45) is 5.92 Å². The Bertz CT molecular complexity index is 634. The van der Waals surface area contributed by atoms with Crippen molar-refractivity contribution in [1.82, 2.24) is 25.6 Å². The van der Waals surface area contributed by atoms with Crippen molar-refractivity contribution >= 4 is 23.0 Å². The third kappa shape index (κ3) is 2.76. The molecule has 0 unspecified atom stereocenters. The normalized spacial score (nSPS) is 12.4. The fourth-order valence-corrected chi connectivity index (χ4v) is 1.87. The molecule has 2 heterocycles. The van der Waals surface area contributed by atoms with E-state index in [1.165, 1.54) is 12.5 Å². The van der Waals surface area contributed by atoms with Crippen molar-refractivity contribution < 1.29 is 9.59 Å². The molecule has 2 amide bonds. The van der Waals surface area contributed by atoms with Gasteiger partial charge in [-0.25, -0.2) is 9.97 Å². The predicted molar refractivity (Wildman–Crippen MR) is 74.0 cm³/mol. The zero-order valence-corrected chi connectivity index (χ0v) is 11.6. The molecular formula is C13H17N5O2. The highest BCUT2D eigenvalue weighted by atomic mass is 16.2. The standard InChI is InChI=1S/C13H17N5O2/c1-7(2)10(13(20)14-3)18-12(19)8-4-9-11(15-5-8)17-6-16-9/h4-7,10H,1-3H3,(H,14,20)(H,18,19)(H,15,16,17)/t10-/m1/s1. The molecule has 0 saturated carbocycles. The first kappa shape index (κ1) is 14.0. The van der Waals surface area contributed by atoms with Gasteiger partial charge in [-0.3, -0.25) is 9.59 Å². The second-order valence-electron chi connectivity index (χ2n) is 4.81. The Kier molecular flexibility index (Phi) is 3.97. The summed E-state index contributed by atoms with van der Waals surface area (Å²) in [5.74, 6) is -0.567. The number of imidazole rings is 1. The van der Waals surface area contributed by atoms with E-state index in [2.05, 4.69) is 25.6 Å². The molecule has 0 aliphatic carbocycles. The summed E-state index contributed by atoms with van der Waals surface area (Å²) in [6, 6.07) is 1.08. The molecule has 3 N–H and O–H groups in total. The fraction of sp³-hybridized carbons (Fsp3) is 0.385. The van der Waals surface area contributed by atoms with E-state index in [0.29, 0.717) is 16.7 Å². The minimum atomic E-state index is -0.579. The van der Waals surface area contributed by atoms with Gasteiger partial charge in [0.15, 0.2) is 5.65 Å². The third-order valence-electron chi connectivity index (χ3n) is 3.02. The molecule has 0 aliphatic rings. The molecule has 0 spiro atoms. The molecule has 2 aromatic rings. The monoisotopic (exact) mass is 275 g/mol. The first-order chi connectivity index (χ1) is 9.52. The number of aromatic amines is 1. The van der Waals surface area contributed by atoms with Gasteiger partial charge in [0.25, 0.3) is 5.91 Å². The predicted octanol–water partition coefficient (Wildman–Crippen LogP) is 0.458. The number of carbonyl (C=O) groups excluding carboxylic acids is 2. The number of hydrogen-bond donors (Lipinski definition) is 3. The molecule has 7 heteroatoms. The van der Waals surface area contributed by atoms with Gasteiger partial charge in [0.1, 0.15) is 6.04 Å². The van der Waals surface area contributed by atoms with E-state index in [4.69, 9.17) is 0 Å². The minimum Gasteiger partial charge on any atom is -0.357 e. The molecule has 7 nitrogen and oxygen atoms in total. The van der Waals surface area contributed by atoms with Crippen molar-refractivity contribution in [2.45, 2.75) is 19.9 Å². The van der Waals surface area contributed by atoms with Crippen LogP contribution >= 0.6 is 0 Å². The number of H-pyrrole nitrogens is 1. The zero-order chi connectivity index (χ0) is 14.7. The van der Waals surface area contributed by atoms with E-state index in [0.717, 1.165) is 0 Å². The van der Waals surface area contributed by atoms with Gasteiger partial charge in [-0.2, -0.15) is 0 Å². The lowest BCUT2D eigenvalue weighted by Gasteiger charge is -2.20. The summed E-state index contributed by atoms with van der Waals surface area (Å²) < 4.78 is 0. The Morgan fingerprint density at radius 3 is 2.70 bits per heavy atom. The van der Waals surface area contributed by atoms with Crippen LogP contribution in [-0.4, -0.2) is 39.9 Å². The lowest BCUT2D eigenvalue weighted by atomic mass is 10.0. The Morgan fingerprint density at radius 1 is 1.30 bits per heavy atom. The average Bonchev–Trinajstić information content (AvgIpc) is 2.90. The summed E-state index contributed by atoms with van der Waals surface area (Å²) >= 11 is 0. The summed E-state index contributed by atoms with van der Waals surface area (Å²) in [4.78, 5) is 34.9. The molecule has 20 heavy (non-hydrogen) atoms. The van der Waals surface area contributed by atoms with Crippen molar-refractivity contribution in [3.63, 3.8) is 0 Å². The molecule has 0 fully saturated rings. The number of pyridine rings is 1. The average molecular weight is 275 g/mol. The smallest absolute Gasteiger partial charge is 0.253 e. The molecular weight excluding hydrogens is 258 g/mol. The van der Waals surface area contributed by atoms with Crippen LogP contribution in [0.5, 0.6) is 0 Å². The topological polar surface area (TPSA) is 99.8 Å². The van der Waals surface area contributed by atoms with E-state index in [9.17, 15) is 9.59 Å². The van der Waals surface area contributed by atoms with Gasteiger partial charge >= 0.3 is 0 Å². The van der Waals surface area contributed by atoms with Gasteiger partial charge in [0.2, 0.25) is 5.91 Å². The maximum absolute atomic E-state index is 12.2. The summed E-state index contributed by atoms with van der Waals surface area (Å²) in [6.07, 6.45) is 2.96. The third-order valence-corrected chi connectivity index (χ3v) is 3.02. The van der Waals surface area contributed by atoms with Crippen molar-refractivity contribution in [2.75, 3.05) is 7.05 Å². The Labute approximate surface area is 116 Å². The number of likely N-dealkylation sites (N-methyl/N-ethyl adjacent to an activating group) is 1. The maximum Gasteiger partial charge on any atom is 0.253 e. The number of nitrogens with zero attached hydrogens (tertiary/aromatic N) is 2. The van der Waals surface area contributed by atoms with Crippen LogP contribution in [0.1, 0.15) is 24.2 Å². The Balaban J connectivity index is 2.19. The van der Waals surface area contributed by atoms with Crippen molar-refractivity contribution in [3.8, 4) is 0 Å². The molecule has 0 bridgehead atoms. The number of rotatable bonds is 4. The molecule has 106 valence electrons. The second-order valence-corrected chi connectivity index (χ2v) is 4.81. The van der Waals surface area contributed by atoms with Crippen molar-refractivity contribution in [1.29, 1.82) is 0 Å². The number of amides is 2. The van der Waals surface area contributed by atoms with Crippen LogP contribution in [0.3, 0.4) is 0 Å². The number of aromatic nitrogens is 3. The highest BCUT2D eigenvalue weighted by Crippen LogP contribution is 2.09. The first-order valence-electron chi connectivity index (χ1n) is 6.34. The first-order valence-corrected chi connectivity index (χ1v) is 6.34. The van der Waals surface area contributed by atoms with Gasteiger partial charge in [-0.05, 0) is 12.0 Å². The van der Waals surface area contributed by atoms with E-state index < -0.39 is 6.04 Å². The van der Waals surface area contributed by atoms with E-state index in [1.54, 1.807) is 13.1 Å². The summed E-state index contributed by atoms with van der Waals surface area (Å²) in [7, 11) is 1.54. The quantitative estimate of drug-likeness (QED) is 0.754. The molecule has 2 aromatic heterocycles. The van der Waals surface area contributed by atoms with Crippen LogP contribution in [0.4, 0.5) is 0 Å². The summed E-state index contributed by atoms with van der Waals surface area (Å²) in [5, 5.41) is 5.26. The number of hydrogen-bond acceptors (Lipinski definition) is 4. The van der Waals surface area contributed by atoms with Gasteiger partial charge in [0.05, 0.1) is 17.4 Å². The Morgan fingerprint density at radius 2 is 2.05 bits per heavy atom. The maximum atomic E-state index is 12.2. The lowest BCUT2D eigenvalue weighted by molar-refractivity contribution is -0.123. The molecule has 0 aliphatic heterocycles. The van der Waals surface area contributed by atoms with E-state index in [-0.39, 0.29) is 17.7 Å². The van der Waals surface area contributed by atoms with Crippen LogP contribution in [0, 0.1) is 5.92 Å². The van der Waals surface area contributed by atoms with Crippen LogP contribution in [0.15, 0.2) is 18.6 Å². The molecule has 2 rings (SSSR count). The van der Waals surface area contributed by atoms with Crippen LogP contribution in [0.2, 0.25) is 0 Å². The second kappa shape index (κ2) is 5.68. The number of nitrogens with one attached hydrogen (secondary N) is 3. The Hall–Kier alpha value is -2.44. The largest absolute Gasteiger partial charge is 0.357 e. The highest BCUT2D eigenvalue weighted by Gasteiger charge is 2.23. The van der Waals surface area contributed by atoms with E-state index >= 15 is 0 Å². The SMILES string of the molecule is CNC(=O)[C@H](NC(=O)c1cnc2nc[nH]c2c1)C(C)C. The van der Waals surface area contributed by atoms with Gasteiger partial charge in [-0.1, -0.05) is 13.8 Å². The fourth-order valence-electron chi connectivity index (χ4n) is 1.87. The number of fused-ring (bicyclic) bond motifs is 1. The van der Waals surface area contributed by atoms with Crippen LogP contribution in [-0.2, 0) is 4.79 Å². The van der Waals surface area contributed by atoms with Crippen LogP contribution in [0.25, 0.3) is 11.2 Å². The highest BCUT2D eigenvalue weighted by molar-refractivity contribution is 5.99. The van der Waals surface area contributed by atoms with E-state index in [1.807, 2.05) is 13.8 Å². The summed E-state index contributed by atoms with van der Waals surface area (Å²) in [6.45, 7) is 3.74. The van der Waals surface area contributed by atoms with Gasteiger partial charge in [-0.15, -0.1) is 0 Å². The zero-order valence-electron chi connectivity index (χ0n) is 11.6. The minimum absolute atomic E-state index is 0.0113. The molecule has 0 saturated heterocycles. The van der Waals surface area contributed by atoms with Crippen LogP contribution < -0.4 is 10.6 Å². The summed E-state index contributed by atoms with van der Waals surface area (Å²) in [5.41, 5.74) is 1.61. The molecule has 0 radical (unpaired) electrons. The molecule has 0 aromatic carbocycles. The van der Waals surface area contributed by atoms with Crippen molar-refractivity contribution in [3.05, 3.63) is 24.2 Å². The lowest BCUT2D eigenvalue weighted by Crippen LogP contribution is -2.48. The molecule has 1 atom stereocenters.